The highest BCUT2D eigenvalue weighted by atomic mass is 16.7. The maximum absolute atomic E-state index is 12.6. The summed E-state index contributed by atoms with van der Waals surface area (Å²) < 4.78 is 16.8. The van der Waals surface area contributed by atoms with E-state index in [0.29, 0.717) is 45.4 Å². The van der Waals surface area contributed by atoms with Crippen molar-refractivity contribution >= 4 is 28.5 Å². The fourth-order valence-electron chi connectivity index (χ4n) is 3.68. The number of amides is 3. The summed E-state index contributed by atoms with van der Waals surface area (Å²) in [7, 11) is 2.94. The highest BCUT2D eigenvalue weighted by Crippen LogP contribution is 2.36. The average molecular weight is 508 g/mol. The zero-order chi connectivity index (χ0) is 26.7. The number of carbonyl (C=O) groups is 2. The molecule has 0 radical (unpaired) electrons. The van der Waals surface area contributed by atoms with E-state index in [9.17, 15) is 9.59 Å². The molecule has 1 aliphatic rings. The molecular formula is C26H29N5O6. The molecule has 0 saturated heterocycles. The Morgan fingerprint density at radius 1 is 1.03 bits per heavy atom. The Morgan fingerprint density at radius 3 is 2.43 bits per heavy atom. The summed E-state index contributed by atoms with van der Waals surface area (Å²) in [5.41, 5.74) is 9.31. The Morgan fingerprint density at radius 2 is 1.78 bits per heavy atom. The number of nitrogens with two attached hydrogens (primary N) is 1. The molecule has 0 fully saturated rings. The third-order valence-corrected chi connectivity index (χ3v) is 5.65. The van der Waals surface area contributed by atoms with E-state index in [4.69, 9.17) is 24.8 Å². The van der Waals surface area contributed by atoms with Crippen LogP contribution < -0.4 is 36.1 Å². The largest absolute Gasteiger partial charge is 0.496 e. The lowest BCUT2D eigenvalue weighted by Gasteiger charge is -2.22. The zero-order valence-corrected chi connectivity index (χ0v) is 21.2. The minimum absolute atomic E-state index is 0.125. The van der Waals surface area contributed by atoms with Crippen molar-refractivity contribution in [3.05, 3.63) is 60.1 Å². The van der Waals surface area contributed by atoms with Crippen molar-refractivity contribution in [3.63, 3.8) is 0 Å². The van der Waals surface area contributed by atoms with Crippen LogP contribution in [0.2, 0.25) is 0 Å². The number of pyridine rings is 1. The standard InChI is InChI=1S/C26H29N5O6/c1-26(2,3)22-13-23(31-37-22)30-25(33)29-17-7-6-14(10-21(17)35-5)36-19-8-9-28-18-12-20(34-4)16(24(27)32)11-15(18)19/h6-13,22,31H,1-5H3,(H2,27,32)(H2,29,30,33). The zero-order valence-electron chi connectivity index (χ0n) is 21.2. The topological polar surface area (TPSA) is 146 Å². The Kier molecular flexibility index (Phi) is 7.07. The summed E-state index contributed by atoms with van der Waals surface area (Å²) in [5.74, 6) is 1.41. The lowest BCUT2D eigenvalue weighted by atomic mass is 9.89. The number of primary amides is 1. The van der Waals surface area contributed by atoms with Crippen LogP contribution in [0.5, 0.6) is 23.0 Å². The van der Waals surface area contributed by atoms with Crippen LogP contribution in [-0.2, 0) is 4.84 Å². The van der Waals surface area contributed by atoms with Gasteiger partial charge in [0.05, 0.1) is 31.0 Å². The van der Waals surface area contributed by atoms with E-state index in [1.165, 1.54) is 14.2 Å². The predicted octanol–water partition coefficient (Wildman–Crippen LogP) is 4.06. The first-order valence-corrected chi connectivity index (χ1v) is 11.4. The Bertz CT molecular complexity index is 1380. The van der Waals surface area contributed by atoms with Crippen LogP contribution in [0.25, 0.3) is 10.9 Å². The van der Waals surface area contributed by atoms with Gasteiger partial charge in [0, 0.05) is 23.7 Å². The number of benzene rings is 2. The second kappa shape index (κ2) is 10.2. The van der Waals surface area contributed by atoms with E-state index in [2.05, 4.69) is 21.1 Å². The van der Waals surface area contributed by atoms with E-state index in [0.717, 1.165) is 0 Å². The summed E-state index contributed by atoms with van der Waals surface area (Å²) in [6.07, 6.45) is 3.21. The highest BCUT2D eigenvalue weighted by molar-refractivity contribution is 6.01. The number of methoxy groups -OCH3 is 2. The third kappa shape index (κ3) is 5.67. The van der Waals surface area contributed by atoms with Crippen LogP contribution in [0.15, 0.2) is 54.5 Å². The maximum atomic E-state index is 12.6. The van der Waals surface area contributed by atoms with Crippen LogP contribution in [0, 0.1) is 5.41 Å². The fourth-order valence-corrected chi connectivity index (χ4v) is 3.68. The molecule has 1 aromatic heterocycles. The van der Waals surface area contributed by atoms with Crippen molar-refractivity contribution in [2.45, 2.75) is 26.9 Å². The van der Waals surface area contributed by atoms with E-state index in [1.807, 2.05) is 26.8 Å². The van der Waals surface area contributed by atoms with Gasteiger partial charge in [-0.25, -0.2) is 4.79 Å². The molecule has 3 amide bonds. The van der Waals surface area contributed by atoms with Gasteiger partial charge in [-0.1, -0.05) is 20.8 Å². The van der Waals surface area contributed by atoms with Crippen LogP contribution in [0.4, 0.5) is 10.5 Å². The number of hydroxylamine groups is 1. The van der Waals surface area contributed by atoms with Crippen LogP contribution in [0.3, 0.4) is 0 Å². The van der Waals surface area contributed by atoms with Crippen molar-refractivity contribution in [2.75, 3.05) is 19.5 Å². The highest BCUT2D eigenvalue weighted by Gasteiger charge is 2.29. The Hall–Kier alpha value is -4.51. The molecule has 0 bridgehead atoms. The smallest absolute Gasteiger partial charge is 0.324 e. The fraction of sp³-hybridized carbons (Fsp3) is 0.269. The number of anilines is 1. The van der Waals surface area contributed by atoms with E-state index in [1.54, 1.807) is 42.6 Å². The molecule has 37 heavy (non-hydrogen) atoms. The number of hydrogen-bond acceptors (Lipinski definition) is 8. The summed E-state index contributed by atoms with van der Waals surface area (Å²) >= 11 is 0. The van der Waals surface area contributed by atoms with Crippen molar-refractivity contribution < 1.29 is 28.6 Å². The van der Waals surface area contributed by atoms with Gasteiger partial charge < -0.3 is 25.3 Å². The van der Waals surface area contributed by atoms with Crippen LogP contribution in [-0.4, -0.2) is 37.2 Å². The van der Waals surface area contributed by atoms with Gasteiger partial charge in [-0.15, -0.1) is 0 Å². The number of nitrogens with zero attached hydrogens (tertiary/aromatic N) is 1. The van der Waals surface area contributed by atoms with Crippen molar-refractivity contribution in [2.24, 2.45) is 11.1 Å². The number of urea groups is 1. The quantitative estimate of drug-likeness (QED) is 0.375. The molecule has 1 unspecified atom stereocenters. The number of fused-ring (bicyclic) bond motifs is 1. The summed E-state index contributed by atoms with van der Waals surface area (Å²) in [6.45, 7) is 6.11. The lowest BCUT2D eigenvalue weighted by molar-refractivity contribution is -0.0166. The molecule has 5 N–H and O–H groups in total. The second-order valence-corrected chi connectivity index (χ2v) is 9.37. The van der Waals surface area contributed by atoms with Gasteiger partial charge >= 0.3 is 6.03 Å². The van der Waals surface area contributed by atoms with Gasteiger partial charge in [0.2, 0.25) is 0 Å². The lowest BCUT2D eigenvalue weighted by Crippen LogP contribution is -2.32. The molecule has 11 nitrogen and oxygen atoms in total. The molecule has 1 aliphatic heterocycles. The second-order valence-electron chi connectivity index (χ2n) is 9.37. The number of ether oxygens (including phenoxy) is 3. The summed E-state index contributed by atoms with van der Waals surface area (Å²) in [4.78, 5) is 34.3. The van der Waals surface area contributed by atoms with Crippen LogP contribution in [0.1, 0.15) is 31.1 Å². The minimum atomic E-state index is -0.631. The number of carbonyl (C=O) groups excluding carboxylic acids is 2. The monoisotopic (exact) mass is 507 g/mol. The van der Waals surface area contributed by atoms with E-state index >= 15 is 0 Å². The number of aromatic nitrogens is 1. The summed E-state index contributed by atoms with van der Waals surface area (Å²) in [5, 5.41) is 6.04. The molecule has 4 rings (SSSR count). The molecule has 0 saturated carbocycles. The molecule has 2 heterocycles. The van der Waals surface area contributed by atoms with Crippen molar-refractivity contribution in [1.82, 2.24) is 15.8 Å². The molecule has 11 heteroatoms. The Balaban J connectivity index is 1.53. The van der Waals surface area contributed by atoms with E-state index < -0.39 is 11.9 Å². The first-order valence-electron chi connectivity index (χ1n) is 11.4. The average Bonchev–Trinajstić information content (AvgIpc) is 3.33. The molecule has 3 aromatic rings. The van der Waals surface area contributed by atoms with Gasteiger partial charge in [0.25, 0.3) is 5.91 Å². The third-order valence-electron chi connectivity index (χ3n) is 5.65. The Labute approximate surface area is 213 Å². The summed E-state index contributed by atoms with van der Waals surface area (Å²) in [6, 6.07) is 9.35. The maximum Gasteiger partial charge on any atom is 0.324 e. The molecule has 2 aromatic carbocycles. The van der Waals surface area contributed by atoms with Gasteiger partial charge in [-0.3, -0.25) is 25.4 Å². The molecule has 0 spiro atoms. The van der Waals surface area contributed by atoms with Gasteiger partial charge in [0.1, 0.15) is 34.9 Å². The number of rotatable bonds is 7. The molecule has 1 atom stereocenters. The molecule has 0 aliphatic carbocycles. The van der Waals surface area contributed by atoms with E-state index in [-0.39, 0.29) is 17.1 Å². The molecular weight excluding hydrogens is 478 g/mol. The molecule has 194 valence electrons. The van der Waals surface area contributed by atoms with Gasteiger partial charge in [-0.2, -0.15) is 0 Å². The number of nitrogens with one attached hydrogen (secondary N) is 3. The van der Waals surface area contributed by atoms with Gasteiger partial charge in [-0.05, 0) is 35.8 Å². The minimum Gasteiger partial charge on any atom is -0.496 e. The normalized spacial score (nSPS) is 14.9. The van der Waals surface area contributed by atoms with Crippen LogP contribution >= 0.6 is 0 Å². The first kappa shape index (κ1) is 25.6. The number of hydrogen-bond donors (Lipinski definition) is 4. The predicted molar refractivity (Wildman–Crippen MR) is 138 cm³/mol. The SMILES string of the molecule is COc1cc(Oc2ccnc3cc(OC)c(C(N)=O)cc23)ccc1NC(=O)NC1=CC(C(C)(C)C)ON1. The van der Waals surface area contributed by atoms with Crippen molar-refractivity contribution in [3.8, 4) is 23.0 Å². The van der Waals surface area contributed by atoms with Crippen molar-refractivity contribution in [1.29, 1.82) is 0 Å². The van der Waals surface area contributed by atoms with Gasteiger partial charge in [0.15, 0.2) is 0 Å². The first-order chi connectivity index (χ1) is 17.6.